The number of benzene rings is 1. The molecule has 0 radical (unpaired) electrons. The zero-order valence-electron chi connectivity index (χ0n) is 11.6. The minimum Gasteiger partial charge on any atom is -0.489 e. The fourth-order valence-electron chi connectivity index (χ4n) is 1.52. The maximum Gasteiger partial charge on any atom is 0.250 e. The molecule has 5 nitrogen and oxygen atoms in total. The predicted molar refractivity (Wildman–Crippen MR) is 72.7 cm³/mol. The molecule has 0 aromatic heterocycles. The van der Waals surface area contributed by atoms with Crippen molar-refractivity contribution in [3.63, 3.8) is 0 Å². The van der Waals surface area contributed by atoms with Crippen molar-refractivity contribution in [2.75, 3.05) is 19.0 Å². The first-order chi connectivity index (χ1) is 8.93. The summed E-state index contributed by atoms with van der Waals surface area (Å²) in [5.74, 6) is 0.166. The first-order valence-electron chi connectivity index (χ1n) is 6.04. The summed E-state index contributed by atoms with van der Waals surface area (Å²) >= 11 is 0. The Hall–Kier alpha value is -1.88. The summed E-state index contributed by atoms with van der Waals surface area (Å²) in [6, 6.07) is 4.96. The van der Waals surface area contributed by atoms with E-state index in [1.807, 2.05) is 13.8 Å². The molecule has 1 N–H and O–H groups in total. The van der Waals surface area contributed by atoms with Gasteiger partial charge in [0.15, 0.2) is 5.78 Å². The van der Waals surface area contributed by atoms with E-state index in [0.717, 1.165) is 0 Å². The van der Waals surface area contributed by atoms with Crippen molar-refractivity contribution in [1.29, 1.82) is 0 Å². The van der Waals surface area contributed by atoms with Crippen molar-refractivity contribution in [2.24, 2.45) is 0 Å². The summed E-state index contributed by atoms with van der Waals surface area (Å²) in [6.07, 6.45) is -0.0266. The van der Waals surface area contributed by atoms with Gasteiger partial charge in [-0.2, -0.15) is 0 Å². The Morgan fingerprint density at radius 2 is 2.00 bits per heavy atom. The summed E-state index contributed by atoms with van der Waals surface area (Å²) in [6.45, 7) is 5.20. The number of hydrogen-bond acceptors (Lipinski definition) is 4. The van der Waals surface area contributed by atoms with Crippen LogP contribution in [0.4, 0.5) is 5.69 Å². The number of ketones is 1. The number of Topliss-reactive ketones (excluding diaryl/α,β-unsaturated/α-hetero) is 1. The zero-order chi connectivity index (χ0) is 14.4. The van der Waals surface area contributed by atoms with Crippen molar-refractivity contribution >= 4 is 17.4 Å². The van der Waals surface area contributed by atoms with Crippen LogP contribution in [0.1, 0.15) is 31.1 Å². The molecule has 0 aliphatic carbocycles. The second kappa shape index (κ2) is 6.89. The Bertz CT molecular complexity index is 469. The van der Waals surface area contributed by atoms with E-state index in [1.165, 1.54) is 14.0 Å². The van der Waals surface area contributed by atoms with Gasteiger partial charge in [0.25, 0.3) is 0 Å². The lowest BCUT2D eigenvalue weighted by atomic mass is 10.1. The SMILES string of the molecule is COCC(=O)Nc1cc(C(C)=O)ccc1OC(C)C. The summed E-state index contributed by atoms with van der Waals surface area (Å²) in [5.41, 5.74) is 0.993. The van der Waals surface area contributed by atoms with Crippen LogP contribution < -0.4 is 10.1 Å². The van der Waals surface area contributed by atoms with Gasteiger partial charge in [0.1, 0.15) is 12.4 Å². The Morgan fingerprint density at radius 3 is 2.53 bits per heavy atom. The Kier molecular flexibility index (Phi) is 5.51. The molecular weight excluding hydrogens is 246 g/mol. The Morgan fingerprint density at radius 1 is 1.32 bits per heavy atom. The zero-order valence-corrected chi connectivity index (χ0v) is 11.6. The maximum absolute atomic E-state index is 11.6. The monoisotopic (exact) mass is 265 g/mol. The quantitative estimate of drug-likeness (QED) is 0.801. The van der Waals surface area contributed by atoms with E-state index in [-0.39, 0.29) is 24.4 Å². The fraction of sp³-hybridized carbons (Fsp3) is 0.429. The van der Waals surface area contributed by atoms with Crippen molar-refractivity contribution in [1.82, 2.24) is 0 Å². The van der Waals surface area contributed by atoms with E-state index < -0.39 is 0 Å². The molecule has 1 amide bonds. The van der Waals surface area contributed by atoms with Crippen LogP contribution in [0.3, 0.4) is 0 Å². The summed E-state index contributed by atoms with van der Waals surface area (Å²) in [7, 11) is 1.44. The number of nitrogens with one attached hydrogen (secondary N) is 1. The highest BCUT2D eigenvalue weighted by Crippen LogP contribution is 2.27. The highest BCUT2D eigenvalue weighted by Gasteiger charge is 2.11. The van der Waals surface area contributed by atoms with Gasteiger partial charge in [0, 0.05) is 12.7 Å². The minimum absolute atomic E-state index is 0.0266. The molecule has 0 saturated heterocycles. The first kappa shape index (κ1) is 15.2. The van der Waals surface area contributed by atoms with Gasteiger partial charge in [-0.15, -0.1) is 0 Å². The maximum atomic E-state index is 11.6. The van der Waals surface area contributed by atoms with Crippen LogP contribution in [0.5, 0.6) is 5.75 Å². The van der Waals surface area contributed by atoms with Crippen LogP contribution in [0, 0.1) is 0 Å². The fourth-order valence-corrected chi connectivity index (χ4v) is 1.52. The normalized spacial score (nSPS) is 10.4. The summed E-state index contributed by atoms with van der Waals surface area (Å²) in [4.78, 5) is 22.9. The van der Waals surface area contributed by atoms with Crippen molar-refractivity contribution < 1.29 is 19.1 Å². The number of hydrogen-bond donors (Lipinski definition) is 1. The molecule has 0 bridgehead atoms. The van der Waals surface area contributed by atoms with Gasteiger partial charge in [0.2, 0.25) is 5.91 Å². The molecule has 1 rings (SSSR count). The average molecular weight is 265 g/mol. The summed E-state index contributed by atoms with van der Waals surface area (Å²) in [5, 5.41) is 2.67. The smallest absolute Gasteiger partial charge is 0.250 e. The van der Waals surface area contributed by atoms with E-state index >= 15 is 0 Å². The minimum atomic E-state index is -0.295. The number of rotatable bonds is 6. The van der Waals surface area contributed by atoms with E-state index in [2.05, 4.69) is 5.32 Å². The molecule has 0 aliphatic rings. The Balaban J connectivity index is 3.03. The van der Waals surface area contributed by atoms with Crippen LogP contribution in [0.25, 0.3) is 0 Å². The molecule has 0 fully saturated rings. The van der Waals surface area contributed by atoms with Crippen LogP contribution in [-0.2, 0) is 9.53 Å². The van der Waals surface area contributed by atoms with E-state index in [1.54, 1.807) is 18.2 Å². The average Bonchev–Trinajstić information content (AvgIpc) is 2.30. The van der Waals surface area contributed by atoms with Gasteiger partial charge in [-0.05, 0) is 39.0 Å². The molecule has 0 aliphatic heterocycles. The van der Waals surface area contributed by atoms with Crippen molar-refractivity contribution in [3.8, 4) is 5.75 Å². The number of methoxy groups -OCH3 is 1. The predicted octanol–water partition coefficient (Wildman–Crippen LogP) is 2.26. The molecule has 1 aromatic rings. The van der Waals surface area contributed by atoms with Crippen LogP contribution in [-0.4, -0.2) is 31.5 Å². The topological polar surface area (TPSA) is 64.6 Å². The van der Waals surface area contributed by atoms with Gasteiger partial charge in [-0.1, -0.05) is 0 Å². The van der Waals surface area contributed by atoms with Gasteiger partial charge >= 0.3 is 0 Å². The lowest BCUT2D eigenvalue weighted by molar-refractivity contribution is -0.119. The van der Waals surface area contributed by atoms with E-state index in [4.69, 9.17) is 9.47 Å². The van der Waals surface area contributed by atoms with Crippen molar-refractivity contribution in [2.45, 2.75) is 26.9 Å². The second-order valence-electron chi connectivity index (χ2n) is 4.41. The van der Waals surface area contributed by atoms with E-state index in [9.17, 15) is 9.59 Å². The van der Waals surface area contributed by atoms with Gasteiger partial charge in [-0.25, -0.2) is 0 Å². The molecule has 19 heavy (non-hydrogen) atoms. The number of amides is 1. The number of carbonyl (C=O) groups is 2. The number of anilines is 1. The molecule has 1 aromatic carbocycles. The summed E-state index contributed by atoms with van der Waals surface area (Å²) < 4.78 is 10.3. The molecule has 5 heteroatoms. The van der Waals surface area contributed by atoms with Gasteiger partial charge in [0.05, 0.1) is 11.8 Å². The lowest BCUT2D eigenvalue weighted by Gasteiger charge is -2.15. The molecule has 104 valence electrons. The standard InChI is InChI=1S/C14H19NO4/c1-9(2)19-13-6-5-11(10(3)16)7-12(13)15-14(17)8-18-4/h5-7,9H,8H2,1-4H3,(H,15,17). The molecule has 0 heterocycles. The third-order valence-electron chi connectivity index (χ3n) is 2.30. The third-order valence-corrected chi connectivity index (χ3v) is 2.30. The third kappa shape index (κ3) is 4.71. The van der Waals surface area contributed by atoms with Gasteiger partial charge in [-0.3, -0.25) is 9.59 Å². The van der Waals surface area contributed by atoms with Crippen LogP contribution in [0.15, 0.2) is 18.2 Å². The highest BCUT2D eigenvalue weighted by molar-refractivity contribution is 5.98. The molecule has 0 spiro atoms. The molecule has 0 unspecified atom stereocenters. The lowest BCUT2D eigenvalue weighted by Crippen LogP contribution is -2.18. The molecule has 0 atom stereocenters. The molecular formula is C14H19NO4. The Labute approximate surface area is 112 Å². The highest BCUT2D eigenvalue weighted by atomic mass is 16.5. The molecule has 0 saturated carbocycles. The van der Waals surface area contributed by atoms with Crippen LogP contribution >= 0.6 is 0 Å². The van der Waals surface area contributed by atoms with Crippen molar-refractivity contribution in [3.05, 3.63) is 23.8 Å². The number of carbonyl (C=O) groups excluding carboxylic acids is 2. The van der Waals surface area contributed by atoms with Crippen LogP contribution in [0.2, 0.25) is 0 Å². The van der Waals surface area contributed by atoms with Gasteiger partial charge < -0.3 is 14.8 Å². The largest absolute Gasteiger partial charge is 0.489 e. The van der Waals surface area contributed by atoms with E-state index in [0.29, 0.717) is 17.0 Å². The first-order valence-corrected chi connectivity index (χ1v) is 6.04. The number of ether oxygens (including phenoxy) is 2. The second-order valence-corrected chi connectivity index (χ2v) is 4.41.